The maximum atomic E-state index is 12.8. The molecule has 0 aliphatic carbocycles. The van der Waals surface area contributed by atoms with Gasteiger partial charge in [0.15, 0.2) is 5.78 Å². The number of amides is 1. The maximum absolute atomic E-state index is 12.8. The average molecular weight is 675 g/mol. The van der Waals surface area contributed by atoms with Crippen molar-refractivity contribution in [3.8, 4) is 5.75 Å². The first-order valence-electron chi connectivity index (χ1n) is 16.2. The molecule has 2 rings (SSSR count). The largest absolute Gasteiger partial charge is 0.496 e. The molecule has 2 aromatic rings. The first-order chi connectivity index (χ1) is 21.9. The second kappa shape index (κ2) is 25.8. The van der Waals surface area contributed by atoms with Crippen molar-refractivity contribution >= 4 is 33.8 Å². The maximum Gasteiger partial charge on any atom is 0.224 e. The van der Waals surface area contributed by atoms with Crippen LogP contribution in [0.1, 0.15) is 115 Å². The van der Waals surface area contributed by atoms with Crippen LogP contribution >= 0.6 is 11.3 Å². The quantitative estimate of drug-likeness (QED) is 0.137. The summed E-state index contributed by atoms with van der Waals surface area (Å²) in [6, 6.07) is 7.62. The summed E-state index contributed by atoms with van der Waals surface area (Å²) in [4.78, 5) is 27.8. The molecule has 0 unspecified atom stereocenters. The summed E-state index contributed by atoms with van der Waals surface area (Å²) in [5.74, 6) is 1.73. The third-order valence-corrected chi connectivity index (χ3v) is 7.67. The minimum absolute atomic E-state index is 0.112. The normalized spacial score (nSPS) is 10.6. The number of carbonyl (C=O) groups excluding carboxylic acids is 2. The second-order valence-corrected chi connectivity index (χ2v) is 13.1. The SMILES string of the molecule is C=C.C=C(C)C(C)(C)C.C=C(OCC)c1sc(N(C[C@H](OCCC)c2ccccc2OC)C(C)=O)c(C(C)=O)c1C.CC(C)C.CN. The smallest absolute Gasteiger partial charge is 0.224 e. The van der Waals surface area contributed by atoms with E-state index in [1.54, 1.807) is 12.0 Å². The van der Waals surface area contributed by atoms with E-state index in [9.17, 15) is 9.59 Å². The van der Waals surface area contributed by atoms with E-state index in [2.05, 4.69) is 80.5 Å². The Morgan fingerprint density at radius 1 is 1.00 bits per heavy atom. The molecule has 0 saturated heterocycles. The standard InChI is InChI=1S/C25H33NO5S.C7H14.C4H10.C2H4.CH5N/c1-8-14-31-22(20-12-10-11-13-21(20)29-7)15-26(19(6)28)25-23(17(4)27)16(3)24(32-25)18(5)30-9-2;1-6(2)7(3,4)5;1-4(2)3;2*1-2/h10-13,22H,5,8-9,14-15H2,1-4,6-7H3;1H2,2-5H3;4H,1-3H3;1-2H2;2H2,1H3/t22-;;;;/m0..../s1. The Kier molecular flexibility index (Phi) is 26.5. The molecule has 0 bridgehead atoms. The van der Waals surface area contributed by atoms with Gasteiger partial charge in [-0.3, -0.25) is 9.59 Å². The molecule has 1 amide bonds. The van der Waals surface area contributed by atoms with E-state index in [1.165, 1.54) is 37.8 Å². The van der Waals surface area contributed by atoms with Gasteiger partial charge in [0.25, 0.3) is 0 Å². The summed E-state index contributed by atoms with van der Waals surface area (Å²) in [6.07, 6.45) is 0.414. The molecule has 1 heterocycles. The number of allylic oxidation sites excluding steroid dienone is 1. The highest BCUT2D eigenvalue weighted by molar-refractivity contribution is 7.18. The number of nitrogens with zero attached hydrogens (tertiary/aromatic N) is 1. The Morgan fingerprint density at radius 3 is 1.87 bits per heavy atom. The van der Waals surface area contributed by atoms with Gasteiger partial charge in [-0.25, -0.2) is 0 Å². The zero-order valence-electron chi connectivity index (χ0n) is 32.1. The van der Waals surface area contributed by atoms with E-state index in [0.29, 0.717) is 40.7 Å². The van der Waals surface area contributed by atoms with Crippen LogP contribution in [-0.4, -0.2) is 45.6 Å². The monoisotopic (exact) mass is 674 g/mol. The highest BCUT2D eigenvalue weighted by Crippen LogP contribution is 2.41. The molecule has 1 aromatic carbocycles. The molecule has 0 saturated carbocycles. The van der Waals surface area contributed by atoms with Crippen LogP contribution in [0.25, 0.3) is 5.76 Å². The number of ether oxygens (including phenoxy) is 3. The van der Waals surface area contributed by atoms with Crippen molar-refractivity contribution in [3.63, 3.8) is 0 Å². The van der Waals surface area contributed by atoms with Crippen LogP contribution in [-0.2, 0) is 14.3 Å². The summed E-state index contributed by atoms with van der Waals surface area (Å²) in [6.45, 7) is 38.9. The lowest BCUT2D eigenvalue weighted by molar-refractivity contribution is -0.117. The fraction of sp³-hybridized carbons (Fsp3) is 0.538. The molecule has 7 nitrogen and oxygen atoms in total. The Morgan fingerprint density at radius 2 is 1.49 bits per heavy atom. The van der Waals surface area contributed by atoms with Crippen molar-refractivity contribution < 1.29 is 23.8 Å². The summed E-state index contributed by atoms with van der Waals surface area (Å²) in [7, 11) is 3.11. The van der Waals surface area contributed by atoms with Crippen molar-refractivity contribution in [3.05, 3.63) is 77.7 Å². The minimum atomic E-state index is -0.421. The number of nitrogens with two attached hydrogens (primary N) is 1. The zero-order valence-corrected chi connectivity index (χ0v) is 32.9. The van der Waals surface area contributed by atoms with Gasteiger partial charge in [-0.05, 0) is 64.1 Å². The van der Waals surface area contributed by atoms with Crippen molar-refractivity contribution in [2.75, 3.05) is 38.8 Å². The molecule has 1 atom stereocenters. The third kappa shape index (κ3) is 18.1. The number of Topliss-reactive ketones (excluding diaryl/α,β-unsaturated/α-hetero) is 1. The fourth-order valence-electron chi connectivity index (χ4n) is 3.56. The van der Waals surface area contributed by atoms with E-state index in [1.807, 2.05) is 45.0 Å². The molecule has 268 valence electrons. The molecule has 0 aliphatic rings. The molecule has 47 heavy (non-hydrogen) atoms. The molecular weight excluding hydrogens is 609 g/mol. The van der Waals surface area contributed by atoms with E-state index in [0.717, 1.165) is 28.3 Å². The molecule has 0 aliphatic heterocycles. The van der Waals surface area contributed by atoms with Gasteiger partial charge in [0.2, 0.25) is 5.91 Å². The van der Waals surface area contributed by atoms with Gasteiger partial charge >= 0.3 is 0 Å². The average Bonchev–Trinajstić information content (AvgIpc) is 3.35. The summed E-state index contributed by atoms with van der Waals surface area (Å²) < 4.78 is 17.3. The third-order valence-electron chi connectivity index (χ3n) is 6.32. The van der Waals surface area contributed by atoms with Crippen LogP contribution in [0.4, 0.5) is 5.00 Å². The molecule has 0 radical (unpaired) electrons. The highest BCUT2D eigenvalue weighted by Gasteiger charge is 2.29. The van der Waals surface area contributed by atoms with Crippen molar-refractivity contribution in [1.29, 1.82) is 0 Å². The lowest BCUT2D eigenvalue weighted by atomic mass is 9.89. The second-order valence-electron chi connectivity index (χ2n) is 12.1. The highest BCUT2D eigenvalue weighted by atomic mass is 32.1. The van der Waals surface area contributed by atoms with Crippen molar-refractivity contribution in [2.24, 2.45) is 17.1 Å². The number of thiophene rings is 1. The number of carbonyl (C=O) groups is 2. The van der Waals surface area contributed by atoms with Crippen LogP contribution in [0.5, 0.6) is 5.75 Å². The van der Waals surface area contributed by atoms with Crippen molar-refractivity contribution in [2.45, 2.75) is 95.6 Å². The van der Waals surface area contributed by atoms with Crippen molar-refractivity contribution in [1.82, 2.24) is 0 Å². The topological polar surface area (TPSA) is 91.1 Å². The molecule has 8 heteroatoms. The predicted molar refractivity (Wildman–Crippen MR) is 206 cm³/mol. The van der Waals surface area contributed by atoms with Gasteiger partial charge in [-0.15, -0.1) is 24.5 Å². The minimum Gasteiger partial charge on any atom is -0.496 e. The van der Waals surface area contributed by atoms with Gasteiger partial charge in [0.05, 0.1) is 30.7 Å². The molecule has 1 aromatic heterocycles. The van der Waals surface area contributed by atoms with Crippen LogP contribution in [0, 0.1) is 18.3 Å². The number of rotatable bonds is 12. The zero-order chi connectivity index (χ0) is 37.5. The van der Waals surface area contributed by atoms with Gasteiger partial charge in [-0.2, -0.15) is 0 Å². The van der Waals surface area contributed by atoms with Gasteiger partial charge in [-0.1, -0.05) is 85.4 Å². The Hall–Kier alpha value is -3.20. The van der Waals surface area contributed by atoms with E-state index in [-0.39, 0.29) is 18.2 Å². The van der Waals surface area contributed by atoms with Crippen LogP contribution in [0.2, 0.25) is 0 Å². The molecule has 0 spiro atoms. The summed E-state index contributed by atoms with van der Waals surface area (Å²) >= 11 is 1.34. The number of hydrogen-bond donors (Lipinski definition) is 1. The first-order valence-corrected chi connectivity index (χ1v) is 17.0. The Balaban J connectivity index is -0.00000108. The molecule has 2 N–H and O–H groups in total. The molecular formula is C39H66N2O5S. The van der Waals surface area contributed by atoms with Gasteiger partial charge in [0, 0.05) is 19.1 Å². The van der Waals surface area contributed by atoms with E-state index < -0.39 is 6.10 Å². The number of anilines is 1. The Labute approximate surface area is 291 Å². The number of hydrogen-bond acceptors (Lipinski definition) is 7. The van der Waals surface area contributed by atoms with Crippen LogP contribution in [0.15, 0.2) is 56.2 Å². The Bertz CT molecular complexity index is 1210. The fourth-order valence-corrected chi connectivity index (χ4v) is 4.90. The number of ketones is 1. The number of methoxy groups -OCH3 is 1. The summed E-state index contributed by atoms with van der Waals surface area (Å²) in [5.41, 5.74) is 8.18. The van der Waals surface area contributed by atoms with E-state index >= 15 is 0 Å². The number of para-hydroxylation sites is 1. The van der Waals surface area contributed by atoms with Crippen LogP contribution in [0.3, 0.4) is 0 Å². The first kappa shape index (κ1) is 48.2. The van der Waals surface area contributed by atoms with Gasteiger partial charge < -0.3 is 24.8 Å². The number of benzene rings is 1. The predicted octanol–water partition coefficient (Wildman–Crippen LogP) is 10.4. The lowest BCUT2D eigenvalue weighted by Gasteiger charge is -2.28. The lowest BCUT2D eigenvalue weighted by Crippen LogP contribution is -2.34. The van der Waals surface area contributed by atoms with E-state index in [4.69, 9.17) is 14.2 Å². The summed E-state index contributed by atoms with van der Waals surface area (Å²) in [5, 5.41) is 0.582. The van der Waals surface area contributed by atoms with Crippen LogP contribution < -0.4 is 15.4 Å². The van der Waals surface area contributed by atoms with Gasteiger partial charge in [0.1, 0.15) is 22.6 Å². The molecule has 0 fully saturated rings.